The second kappa shape index (κ2) is 7.07. The molecule has 3 aromatic rings. The van der Waals surface area contributed by atoms with Crippen molar-refractivity contribution in [1.29, 1.82) is 0 Å². The minimum atomic E-state index is -0.344. The van der Waals surface area contributed by atoms with Gasteiger partial charge in [-0.05, 0) is 49.6 Å². The standard InChI is InChI=1S/C21H19N3O3/c1-14-12-18(23-27-14)20(25)22-17-10-9-15-8-5-11-24(19(15)13-17)21(26)16-6-3-2-4-7-16/h2-4,6-7,9-10,12-13H,5,8,11H2,1H3,(H,22,25). The van der Waals surface area contributed by atoms with Crippen LogP contribution in [0.25, 0.3) is 0 Å². The van der Waals surface area contributed by atoms with Crippen LogP contribution in [0.1, 0.15) is 38.6 Å². The third-order valence-electron chi connectivity index (χ3n) is 4.59. The van der Waals surface area contributed by atoms with Gasteiger partial charge in [-0.15, -0.1) is 0 Å². The van der Waals surface area contributed by atoms with Crippen molar-refractivity contribution in [1.82, 2.24) is 5.16 Å². The quantitative estimate of drug-likeness (QED) is 0.769. The molecule has 136 valence electrons. The minimum Gasteiger partial charge on any atom is -0.361 e. The Morgan fingerprint density at radius 1 is 1.11 bits per heavy atom. The van der Waals surface area contributed by atoms with Crippen LogP contribution in [0.5, 0.6) is 0 Å². The Morgan fingerprint density at radius 3 is 2.67 bits per heavy atom. The highest BCUT2D eigenvalue weighted by molar-refractivity contribution is 6.08. The van der Waals surface area contributed by atoms with Crippen LogP contribution in [0.3, 0.4) is 0 Å². The fraction of sp³-hybridized carbons (Fsp3) is 0.190. The van der Waals surface area contributed by atoms with Gasteiger partial charge in [0.05, 0.1) is 0 Å². The van der Waals surface area contributed by atoms with E-state index in [4.69, 9.17) is 4.52 Å². The first-order valence-electron chi connectivity index (χ1n) is 8.86. The first-order valence-corrected chi connectivity index (χ1v) is 8.86. The van der Waals surface area contributed by atoms with Crippen LogP contribution in [-0.4, -0.2) is 23.5 Å². The lowest BCUT2D eigenvalue weighted by Gasteiger charge is -2.30. The number of rotatable bonds is 3. The largest absolute Gasteiger partial charge is 0.361 e. The smallest absolute Gasteiger partial charge is 0.277 e. The molecule has 0 bridgehead atoms. The minimum absolute atomic E-state index is 0.0350. The normalized spacial score (nSPS) is 13.1. The average molecular weight is 361 g/mol. The van der Waals surface area contributed by atoms with E-state index in [0.29, 0.717) is 23.6 Å². The van der Waals surface area contributed by atoms with E-state index in [9.17, 15) is 9.59 Å². The van der Waals surface area contributed by atoms with Crippen molar-refractivity contribution in [3.63, 3.8) is 0 Å². The number of nitrogens with zero attached hydrogens (tertiary/aromatic N) is 2. The number of carbonyl (C=O) groups is 2. The second-order valence-corrected chi connectivity index (χ2v) is 6.55. The van der Waals surface area contributed by atoms with Gasteiger partial charge >= 0.3 is 0 Å². The SMILES string of the molecule is Cc1cc(C(=O)Nc2ccc3c(c2)N(C(=O)c2ccccc2)CCC3)no1. The van der Waals surface area contributed by atoms with Crippen molar-refractivity contribution in [2.45, 2.75) is 19.8 Å². The van der Waals surface area contributed by atoms with Gasteiger partial charge in [-0.2, -0.15) is 0 Å². The fourth-order valence-electron chi connectivity index (χ4n) is 3.27. The fourth-order valence-corrected chi connectivity index (χ4v) is 3.27. The monoisotopic (exact) mass is 361 g/mol. The van der Waals surface area contributed by atoms with E-state index in [0.717, 1.165) is 24.1 Å². The molecule has 2 amide bonds. The zero-order valence-electron chi connectivity index (χ0n) is 14.9. The number of nitrogens with one attached hydrogen (secondary N) is 1. The van der Waals surface area contributed by atoms with Crippen LogP contribution in [-0.2, 0) is 6.42 Å². The van der Waals surface area contributed by atoms with Crippen molar-refractivity contribution in [3.05, 3.63) is 77.2 Å². The Bertz CT molecular complexity index is 995. The molecular formula is C21H19N3O3. The van der Waals surface area contributed by atoms with Gasteiger partial charge in [-0.3, -0.25) is 9.59 Å². The maximum absolute atomic E-state index is 12.9. The molecule has 0 saturated carbocycles. The van der Waals surface area contributed by atoms with E-state index >= 15 is 0 Å². The zero-order valence-corrected chi connectivity index (χ0v) is 14.9. The molecule has 0 fully saturated rings. The highest BCUT2D eigenvalue weighted by Gasteiger charge is 2.24. The van der Waals surface area contributed by atoms with Gasteiger partial charge in [0.2, 0.25) is 0 Å². The number of hydrogen-bond acceptors (Lipinski definition) is 4. The Kier molecular flexibility index (Phi) is 4.46. The molecule has 6 nitrogen and oxygen atoms in total. The summed E-state index contributed by atoms with van der Waals surface area (Å²) < 4.78 is 4.95. The van der Waals surface area contributed by atoms with Crippen LogP contribution in [0.15, 0.2) is 59.1 Å². The number of amides is 2. The number of hydrogen-bond donors (Lipinski definition) is 1. The molecule has 1 aliphatic rings. The number of aryl methyl sites for hydroxylation is 2. The summed E-state index contributed by atoms with van der Waals surface area (Å²) >= 11 is 0. The van der Waals surface area contributed by atoms with E-state index in [2.05, 4.69) is 10.5 Å². The highest BCUT2D eigenvalue weighted by Crippen LogP contribution is 2.31. The second-order valence-electron chi connectivity index (χ2n) is 6.55. The molecule has 6 heteroatoms. The van der Waals surface area contributed by atoms with Crippen LogP contribution in [0.2, 0.25) is 0 Å². The number of anilines is 2. The lowest BCUT2D eigenvalue weighted by Crippen LogP contribution is -2.35. The number of benzene rings is 2. The van der Waals surface area contributed by atoms with E-state index in [1.54, 1.807) is 17.9 Å². The molecule has 0 radical (unpaired) electrons. The predicted octanol–water partition coefficient (Wildman–Crippen LogP) is 3.83. The van der Waals surface area contributed by atoms with Gasteiger partial charge in [0.15, 0.2) is 5.69 Å². The van der Waals surface area contributed by atoms with Crippen LogP contribution < -0.4 is 10.2 Å². The summed E-state index contributed by atoms with van der Waals surface area (Å²) in [5.41, 5.74) is 3.43. The van der Waals surface area contributed by atoms with E-state index in [1.807, 2.05) is 48.5 Å². The molecular weight excluding hydrogens is 342 g/mol. The molecule has 0 unspecified atom stereocenters. The lowest BCUT2D eigenvalue weighted by atomic mass is 10.00. The average Bonchev–Trinajstić information content (AvgIpc) is 3.14. The highest BCUT2D eigenvalue weighted by atomic mass is 16.5. The molecule has 2 heterocycles. The Morgan fingerprint density at radius 2 is 1.93 bits per heavy atom. The molecule has 0 spiro atoms. The summed E-state index contributed by atoms with van der Waals surface area (Å²) in [7, 11) is 0. The van der Waals surface area contributed by atoms with Crippen molar-refractivity contribution in [2.75, 3.05) is 16.8 Å². The summed E-state index contributed by atoms with van der Waals surface area (Å²) in [5, 5.41) is 6.55. The van der Waals surface area contributed by atoms with Crippen LogP contribution in [0.4, 0.5) is 11.4 Å². The summed E-state index contributed by atoms with van der Waals surface area (Å²) in [5.74, 6) is 0.195. The number of fused-ring (bicyclic) bond motifs is 1. The molecule has 4 rings (SSSR count). The predicted molar refractivity (Wildman–Crippen MR) is 102 cm³/mol. The van der Waals surface area contributed by atoms with E-state index in [1.165, 1.54) is 0 Å². The van der Waals surface area contributed by atoms with Crippen molar-refractivity contribution >= 4 is 23.2 Å². The van der Waals surface area contributed by atoms with Gasteiger partial charge in [0, 0.05) is 29.5 Å². The van der Waals surface area contributed by atoms with Gasteiger partial charge < -0.3 is 14.7 Å². The summed E-state index contributed by atoms with van der Waals surface area (Å²) in [6.45, 7) is 2.39. The summed E-state index contributed by atoms with van der Waals surface area (Å²) in [6.07, 6.45) is 1.82. The van der Waals surface area contributed by atoms with Gasteiger partial charge in [0.25, 0.3) is 11.8 Å². The molecule has 2 aromatic carbocycles. The van der Waals surface area contributed by atoms with Crippen LogP contribution in [0, 0.1) is 6.92 Å². The maximum atomic E-state index is 12.9. The van der Waals surface area contributed by atoms with Gasteiger partial charge in [-0.25, -0.2) is 0 Å². The summed E-state index contributed by atoms with van der Waals surface area (Å²) in [6, 6.07) is 16.5. The van der Waals surface area contributed by atoms with E-state index in [-0.39, 0.29) is 17.5 Å². The van der Waals surface area contributed by atoms with Gasteiger partial charge in [0.1, 0.15) is 5.76 Å². The number of carbonyl (C=O) groups excluding carboxylic acids is 2. The molecule has 0 atom stereocenters. The Balaban J connectivity index is 1.61. The third-order valence-corrected chi connectivity index (χ3v) is 4.59. The molecule has 1 aromatic heterocycles. The van der Waals surface area contributed by atoms with Crippen molar-refractivity contribution < 1.29 is 14.1 Å². The lowest BCUT2D eigenvalue weighted by molar-refractivity contribution is 0.0983. The third kappa shape index (κ3) is 3.46. The molecule has 1 N–H and O–H groups in total. The zero-order chi connectivity index (χ0) is 18.8. The van der Waals surface area contributed by atoms with Gasteiger partial charge in [-0.1, -0.05) is 29.4 Å². The first kappa shape index (κ1) is 17.0. The summed E-state index contributed by atoms with van der Waals surface area (Å²) in [4.78, 5) is 27.0. The first-order chi connectivity index (χ1) is 13.1. The number of aromatic nitrogens is 1. The Hall–Kier alpha value is -3.41. The van der Waals surface area contributed by atoms with Crippen molar-refractivity contribution in [2.24, 2.45) is 0 Å². The molecule has 27 heavy (non-hydrogen) atoms. The Labute approximate surface area is 156 Å². The molecule has 1 aliphatic heterocycles. The maximum Gasteiger partial charge on any atom is 0.277 e. The van der Waals surface area contributed by atoms with Crippen molar-refractivity contribution in [3.8, 4) is 0 Å². The molecule has 0 aliphatic carbocycles. The topological polar surface area (TPSA) is 75.4 Å². The van der Waals surface area contributed by atoms with E-state index < -0.39 is 0 Å². The van der Waals surface area contributed by atoms with Crippen LogP contribution >= 0.6 is 0 Å². The molecule has 0 saturated heterocycles.